The summed E-state index contributed by atoms with van der Waals surface area (Å²) < 4.78 is 37.1. The average Bonchev–Trinajstić information content (AvgIpc) is 3.58. The van der Waals surface area contributed by atoms with Gasteiger partial charge in [-0.05, 0) is 70.4 Å². The SMILES string of the molecule is O=C1c2c(OCc3ccccc3)c(=O)ccn2N(C23C(=Cc4c2ccc(F)c4P)Cc2ccccc23)CN1CCC1=CCCC(F)=C1. The van der Waals surface area contributed by atoms with Crippen LogP contribution in [0.1, 0.15) is 57.6 Å². The van der Waals surface area contributed by atoms with E-state index in [1.54, 1.807) is 21.8 Å². The van der Waals surface area contributed by atoms with Crippen LogP contribution in [0.25, 0.3) is 6.08 Å². The maximum atomic E-state index is 15.0. The van der Waals surface area contributed by atoms with Crippen LogP contribution in [0.15, 0.2) is 113 Å². The number of nitrogens with zero attached hydrogens (tertiary/aromatic N) is 3. The summed E-state index contributed by atoms with van der Waals surface area (Å²) in [5.74, 6) is -0.857. The molecule has 0 fully saturated rings. The first kappa shape index (κ1) is 29.6. The van der Waals surface area contributed by atoms with Crippen molar-refractivity contribution in [1.82, 2.24) is 9.58 Å². The van der Waals surface area contributed by atoms with Crippen LogP contribution >= 0.6 is 9.24 Å². The Labute approximate surface area is 273 Å². The maximum Gasteiger partial charge on any atom is 0.277 e. The molecule has 2 heterocycles. The van der Waals surface area contributed by atoms with Crippen molar-refractivity contribution in [2.75, 3.05) is 18.2 Å². The van der Waals surface area contributed by atoms with E-state index in [4.69, 9.17) is 4.74 Å². The van der Waals surface area contributed by atoms with E-state index in [0.717, 1.165) is 39.0 Å². The highest BCUT2D eigenvalue weighted by molar-refractivity contribution is 7.27. The van der Waals surface area contributed by atoms with Gasteiger partial charge in [0, 0.05) is 30.5 Å². The molecular weight excluding hydrogens is 615 g/mol. The van der Waals surface area contributed by atoms with Crippen LogP contribution in [0.2, 0.25) is 0 Å². The summed E-state index contributed by atoms with van der Waals surface area (Å²) in [6.07, 6.45) is 9.37. The van der Waals surface area contributed by atoms with Crippen molar-refractivity contribution >= 4 is 26.5 Å². The van der Waals surface area contributed by atoms with Crippen molar-refractivity contribution in [3.8, 4) is 5.75 Å². The number of carbonyl (C=O) groups excluding carboxylic acids is 1. The number of aromatic nitrogens is 1. The molecule has 0 saturated heterocycles. The van der Waals surface area contributed by atoms with Gasteiger partial charge in [-0.1, -0.05) is 72.8 Å². The zero-order valence-electron chi connectivity index (χ0n) is 25.6. The fourth-order valence-corrected chi connectivity index (χ4v) is 7.87. The van der Waals surface area contributed by atoms with Crippen molar-refractivity contribution in [1.29, 1.82) is 0 Å². The standard InChI is InChI=1S/C38H32F2N3O3P/c39-28-11-6-9-24(19-28)15-17-41-23-43(42-18-16-33(44)35(34(42)37(41)45)46-22-25-7-2-1-3-8-25)38-27(20-26-10-4-5-12-30(26)38)21-29-31(38)13-14-32(40)36(29)47/h1-5,7-10,12-14,16,18-19,21H,6,11,15,17,20,22-23,47H2. The second-order valence-electron chi connectivity index (χ2n) is 12.4. The summed E-state index contributed by atoms with van der Waals surface area (Å²) in [6, 6.07) is 22.4. The number of fused-ring (bicyclic) bond motifs is 6. The minimum Gasteiger partial charge on any atom is -0.482 e. The van der Waals surface area contributed by atoms with Gasteiger partial charge >= 0.3 is 0 Å². The van der Waals surface area contributed by atoms with E-state index >= 15 is 0 Å². The fourth-order valence-electron chi connectivity index (χ4n) is 7.53. The third kappa shape index (κ3) is 4.69. The molecule has 4 aliphatic rings. The molecule has 236 valence electrons. The van der Waals surface area contributed by atoms with E-state index in [1.807, 2.05) is 54.6 Å². The summed E-state index contributed by atoms with van der Waals surface area (Å²) in [6.45, 7) is 0.573. The van der Waals surface area contributed by atoms with Gasteiger partial charge in [0.2, 0.25) is 5.43 Å². The molecule has 0 N–H and O–H groups in total. The Morgan fingerprint density at radius 3 is 2.55 bits per heavy atom. The first-order valence-electron chi connectivity index (χ1n) is 15.8. The maximum absolute atomic E-state index is 15.0. The van der Waals surface area contributed by atoms with Crippen molar-refractivity contribution in [3.05, 3.63) is 158 Å². The number of hydrogen-bond donors (Lipinski definition) is 0. The minimum atomic E-state index is -0.888. The van der Waals surface area contributed by atoms with Crippen molar-refractivity contribution < 1.29 is 18.3 Å². The van der Waals surface area contributed by atoms with E-state index in [9.17, 15) is 18.4 Å². The molecule has 0 radical (unpaired) electrons. The molecule has 0 spiro atoms. The summed E-state index contributed by atoms with van der Waals surface area (Å²) in [4.78, 5) is 29.7. The zero-order chi connectivity index (χ0) is 32.3. The predicted octanol–water partition coefficient (Wildman–Crippen LogP) is 6.28. The number of pyridine rings is 1. The van der Waals surface area contributed by atoms with E-state index in [-0.39, 0.29) is 42.3 Å². The molecule has 0 saturated carbocycles. The molecular formula is C38H32F2N3O3P. The third-order valence-electron chi connectivity index (χ3n) is 9.70. The molecule has 6 nitrogen and oxygen atoms in total. The monoisotopic (exact) mass is 647 g/mol. The van der Waals surface area contributed by atoms with E-state index in [0.29, 0.717) is 37.5 Å². The van der Waals surface area contributed by atoms with Crippen molar-refractivity contribution in [3.63, 3.8) is 0 Å². The molecule has 3 aromatic carbocycles. The average molecular weight is 648 g/mol. The smallest absolute Gasteiger partial charge is 0.277 e. The molecule has 1 amide bonds. The Balaban J connectivity index is 1.31. The van der Waals surface area contributed by atoms with Crippen LogP contribution in [0, 0.1) is 5.82 Å². The molecule has 1 aromatic heterocycles. The predicted molar refractivity (Wildman–Crippen MR) is 181 cm³/mol. The highest BCUT2D eigenvalue weighted by atomic mass is 31.0. The zero-order valence-corrected chi connectivity index (χ0v) is 26.7. The van der Waals surface area contributed by atoms with Gasteiger partial charge in [-0.2, -0.15) is 0 Å². The van der Waals surface area contributed by atoms with Crippen LogP contribution < -0.4 is 20.5 Å². The van der Waals surface area contributed by atoms with Crippen molar-refractivity contribution in [2.24, 2.45) is 0 Å². The Kier molecular flexibility index (Phi) is 7.21. The lowest BCUT2D eigenvalue weighted by atomic mass is 9.83. The lowest BCUT2D eigenvalue weighted by Crippen LogP contribution is -2.62. The van der Waals surface area contributed by atoms with Crippen molar-refractivity contribution in [2.45, 2.75) is 37.8 Å². The van der Waals surface area contributed by atoms with Gasteiger partial charge in [-0.15, -0.1) is 9.24 Å². The Bertz CT molecular complexity index is 2110. The largest absolute Gasteiger partial charge is 0.482 e. The van der Waals surface area contributed by atoms with Crippen LogP contribution in [-0.4, -0.2) is 28.7 Å². The quantitative estimate of drug-likeness (QED) is 0.222. The highest BCUT2D eigenvalue weighted by Crippen LogP contribution is 2.55. The second-order valence-corrected chi connectivity index (χ2v) is 13.0. The summed E-state index contributed by atoms with van der Waals surface area (Å²) >= 11 is 0. The highest BCUT2D eigenvalue weighted by Gasteiger charge is 2.55. The fraction of sp³-hybridized carbons (Fsp3) is 0.211. The molecule has 2 unspecified atom stereocenters. The molecule has 2 atom stereocenters. The first-order chi connectivity index (χ1) is 22.9. The number of benzene rings is 3. The number of carbonyl (C=O) groups is 1. The van der Waals surface area contributed by atoms with E-state index in [2.05, 4.69) is 32.5 Å². The van der Waals surface area contributed by atoms with Crippen LogP contribution in [0.5, 0.6) is 5.75 Å². The van der Waals surface area contributed by atoms with E-state index < -0.39 is 11.0 Å². The number of rotatable bonds is 7. The number of halogens is 2. The number of allylic oxidation sites excluding steroid dienone is 3. The Morgan fingerprint density at radius 1 is 0.915 bits per heavy atom. The molecule has 0 bridgehead atoms. The van der Waals surface area contributed by atoms with Crippen LogP contribution in [-0.2, 0) is 18.6 Å². The normalized spacial score (nSPS) is 19.4. The van der Waals surface area contributed by atoms with Gasteiger partial charge in [-0.25, -0.2) is 8.78 Å². The summed E-state index contributed by atoms with van der Waals surface area (Å²) in [7, 11) is 2.55. The Morgan fingerprint density at radius 2 is 1.72 bits per heavy atom. The second kappa shape index (κ2) is 11.5. The molecule has 47 heavy (non-hydrogen) atoms. The van der Waals surface area contributed by atoms with E-state index in [1.165, 1.54) is 12.1 Å². The van der Waals surface area contributed by atoms with Gasteiger partial charge in [0.25, 0.3) is 5.91 Å². The summed E-state index contributed by atoms with van der Waals surface area (Å²) in [5, 5.41) is 2.59. The van der Waals surface area contributed by atoms with Crippen LogP contribution in [0.4, 0.5) is 8.78 Å². The Hall–Kier alpha value is -4.81. The molecule has 9 heteroatoms. The number of ether oxygens (including phenoxy) is 1. The number of hydrogen-bond acceptors (Lipinski definition) is 4. The minimum absolute atomic E-state index is 0.0313. The van der Waals surface area contributed by atoms with Gasteiger partial charge in [-0.3, -0.25) is 19.3 Å². The van der Waals surface area contributed by atoms with Gasteiger partial charge in [0.15, 0.2) is 11.4 Å². The topological polar surface area (TPSA) is 54.8 Å². The first-order valence-corrected chi connectivity index (χ1v) is 16.4. The third-order valence-corrected chi connectivity index (χ3v) is 10.3. The van der Waals surface area contributed by atoms with Gasteiger partial charge in [0.05, 0.1) is 0 Å². The number of amides is 1. The van der Waals surface area contributed by atoms with Crippen LogP contribution in [0.3, 0.4) is 0 Å². The molecule has 8 rings (SSSR count). The molecule has 4 aromatic rings. The molecule has 3 aliphatic carbocycles. The molecule has 1 aliphatic heterocycles. The lowest BCUT2D eigenvalue weighted by molar-refractivity contribution is 0.0667. The van der Waals surface area contributed by atoms with Gasteiger partial charge in [0.1, 0.15) is 30.5 Å². The lowest BCUT2D eigenvalue weighted by Gasteiger charge is -2.49. The summed E-state index contributed by atoms with van der Waals surface area (Å²) in [5.41, 5.74) is 5.44. The van der Waals surface area contributed by atoms with Gasteiger partial charge < -0.3 is 9.64 Å².